The van der Waals surface area contributed by atoms with Gasteiger partial charge >= 0.3 is 0 Å². The molecular weight excluding hydrogens is 427 g/mol. The highest BCUT2D eigenvalue weighted by atomic mass is 79.9. The molecule has 0 aliphatic heterocycles. The first-order valence-corrected chi connectivity index (χ1v) is 7.33. The minimum absolute atomic E-state index is 0.0544. The second-order valence-corrected chi connectivity index (χ2v) is 6.12. The van der Waals surface area contributed by atoms with Gasteiger partial charge in [-0.1, -0.05) is 27.5 Å². The molecule has 106 valence electrons. The number of halogens is 7. The van der Waals surface area contributed by atoms with Gasteiger partial charge in [0.2, 0.25) is 0 Å². The summed E-state index contributed by atoms with van der Waals surface area (Å²) < 4.78 is 54.4. The van der Waals surface area contributed by atoms with Crippen LogP contribution in [0.4, 0.5) is 17.6 Å². The van der Waals surface area contributed by atoms with Crippen molar-refractivity contribution in [3.8, 4) is 0 Å². The van der Waals surface area contributed by atoms with Crippen LogP contribution < -0.4 is 0 Å². The van der Waals surface area contributed by atoms with Crippen molar-refractivity contribution in [2.24, 2.45) is 0 Å². The van der Waals surface area contributed by atoms with Crippen molar-refractivity contribution in [3.63, 3.8) is 0 Å². The lowest BCUT2D eigenvalue weighted by Crippen LogP contribution is -2.02. The second-order valence-electron chi connectivity index (χ2n) is 3.94. The van der Waals surface area contributed by atoms with Gasteiger partial charge in [-0.3, -0.25) is 0 Å². The van der Waals surface area contributed by atoms with Crippen LogP contribution in [-0.2, 0) is 0 Å². The topological polar surface area (TPSA) is 0 Å². The zero-order chi connectivity index (χ0) is 15.0. The summed E-state index contributed by atoms with van der Waals surface area (Å²) in [4.78, 5) is -1.04. The lowest BCUT2D eigenvalue weighted by atomic mass is 10.0. The maximum Gasteiger partial charge on any atom is 0.142 e. The average molecular weight is 432 g/mol. The maximum absolute atomic E-state index is 13.8. The molecule has 0 heterocycles. The van der Waals surface area contributed by atoms with E-state index in [9.17, 15) is 17.6 Å². The molecule has 2 aromatic rings. The van der Waals surface area contributed by atoms with Crippen LogP contribution in [-0.4, -0.2) is 0 Å². The number of alkyl halides is 1. The SMILES string of the molecule is Fc1cc(C(Br)c2cc(F)c(Br)cc2F)c(F)cc1Cl. The van der Waals surface area contributed by atoms with Crippen molar-refractivity contribution in [3.05, 3.63) is 68.2 Å². The van der Waals surface area contributed by atoms with Crippen LogP contribution in [0.15, 0.2) is 28.7 Å². The van der Waals surface area contributed by atoms with Crippen LogP contribution in [0.1, 0.15) is 16.0 Å². The molecule has 20 heavy (non-hydrogen) atoms. The number of hydrogen-bond donors (Lipinski definition) is 0. The molecule has 2 aromatic carbocycles. The summed E-state index contributed by atoms with van der Waals surface area (Å²) in [6, 6.07) is 3.46. The Morgan fingerprint density at radius 3 is 1.90 bits per heavy atom. The summed E-state index contributed by atoms with van der Waals surface area (Å²) >= 11 is 11.3. The van der Waals surface area contributed by atoms with Crippen LogP contribution in [0.5, 0.6) is 0 Å². The molecule has 1 atom stereocenters. The Labute approximate surface area is 134 Å². The van der Waals surface area contributed by atoms with Crippen molar-refractivity contribution >= 4 is 43.5 Å². The number of hydrogen-bond acceptors (Lipinski definition) is 0. The summed E-state index contributed by atoms with van der Waals surface area (Å²) in [7, 11) is 0. The predicted octanol–water partition coefficient (Wildman–Crippen LogP) is 6.14. The van der Waals surface area contributed by atoms with Crippen LogP contribution >= 0.6 is 43.5 Å². The molecule has 0 N–H and O–H groups in total. The number of benzene rings is 2. The van der Waals surface area contributed by atoms with Gasteiger partial charge in [-0.05, 0) is 40.2 Å². The molecule has 0 saturated carbocycles. The van der Waals surface area contributed by atoms with Crippen LogP contribution in [0.3, 0.4) is 0 Å². The van der Waals surface area contributed by atoms with E-state index in [0.29, 0.717) is 0 Å². The quantitative estimate of drug-likeness (QED) is 0.304. The van der Waals surface area contributed by atoms with E-state index in [0.717, 1.165) is 24.3 Å². The molecule has 0 radical (unpaired) electrons. The van der Waals surface area contributed by atoms with E-state index in [2.05, 4.69) is 31.9 Å². The fourth-order valence-electron chi connectivity index (χ4n) is 1.63. The lowest BCUT2D eigenvalue weighted by molar-refractivity contribution is 0.572. The maximum atomic E-state index is 13.8. The van der Waals surface area contributed by atoms with E-state index in [1.807, 2.05) is 0 Å². The fourth-order valence-corrected chi connectivity index (χ4v) is 2.80. The molecule has 7 heteroatoms. The molecule has 0 spiro atoms. The summed E-state index contributed by atoms with van der Waals surface area (Å²) in [6.45, 7) is 0. The minimum Gasteiger partial charge on any atom is -0.207 e. The highest BCUT2D eigenvalue weighted by Crippen LogP contribution is 2.37. The third kappa shape index (κ3) is 3.02. The zero-order valence-electron chi connectivity index (χ0n) is 9.53. The first-order valence-electron chi connectivity index (χ1n) is 5.24. The second kappa shape index (κ2) is 6.03. The molecule has 0 amide bonds. The van der Waals surface area contributed by atoms with Gasteiger partial charge in [0.1, 0.15) is 23.3 Å². The van der Waals surface area contributed by atoms with E-state index in [4.69, 9.17) is 11.6 Å². The average Bonchev–Trinajstić information content (AvgIpc) is 2.37. The zero-order valence-corrected chi connectivity index (χ0v) is 13.5. The minimum atomic E-state index is -1.04. The summed E-state index contributed by atoms with van der Waals surface area (Å²) in [5.74, 6) is -3.12. The third-order valence-corrected chi connectivity index (χ3v) is 4.51. The molecule has 0 aromatic heterocycles. The van der Waals surface area contributed by atoms with Gasteiger partial charge in [0, 0.05) is 11.1 Å². The normalized spacial score (nSPS) is 12.6. The van der Waals surface area contributed by atoms with Gasteiger partial charge in [-0.2, -0.15) is 0 Å². The molecule has 1 unspecified atom stereocenters. The van der Waals surface area contributed by atoms with E-state index in [1.54, 1.807) is 0 Å². The van der Waals surface area contributed by atoms with Gasteiger partial charge in [0.05, 0.1) is 14.3 Å². The highest BCUT2D eigenvalue weighted by molar-refractivity contribution is 9.10. The summed E-state index contributed by atoms with van der Waals surface area (Å²) in [5, 5.41) is -0.381. The van der Waals surface area contributed by atoms with Crippen molar-refractivity contribution in [2.45, 2.75) is 4.83 Å². The van der Waals surface area contributed by atoms with Crippen LogP contribution in [0.2, 0.25) is 5.02 Å². The van der Waals surface area contributed by atoms with E-state index in [-0.39, 0.29) is 20.6 Å². The van der Waals surface area contributed by atoms with E-state index < -0.39 is 28.1 Å². The molecule has 2 rings (SSSR count). The van der Waals surface area contributed by atoms with E-state index >= 15 is 0 Å². The first kappa shape index (κ1) is 15.8. The first-order chi connectivity index (χ1) is 9.31. The predicted molar refractivity (Wildman–Crippen MR) is 76.2 cm³/mol. The molecule has 0 fully saturated rings. The highest BCUT2D eigenvalue weighted by Gasteiger charge is 2.22. The molecule has 0 saturated heterocycles. The van der Waals surface area contributed by atoms with Crippen LogP contribution in [0, 0.1) is 23.3 Å². The third-order valence-electron chi connectivity index (χ3n) is 2.63. The van der Waals surface area contributed by atoms with Gasteiger partial charge in [-0.25, -0.2) is 17.6 Å². The van der Waals surface area contributed by atoms with Gasteiger partial charge < -0.3 is 0 Å². The van der Waals surface area contributed by atoms with Crippen molar-refractivity contribution in [2.75, 3.05) is 0 Å². The van der Waals surface area contributed by atoms with Crippen LogP contribution in [0.25, 0.3) is 0 Å². The Balaban J connectivity index is 2.54. The lowest BCUT2D eigenvalue weighted by Gasteiger charge is -2.14. The monoisotopic (exact) mass is 430 g/mol. The summed E-state index contributed by atoms with van der Waals surface area (Å²) in [6.07, 6.45) is 0. The van der Waals surface area contributed by atoms with Gasteiger partial charge in [0.15, 0.2) is 0 Å². The Bertz CT molecular complexity index is 618. The van der Waals surface area contributed by atoms with Crippen molar-refractivity contribution < 1.29 is 17.6 Å². The van der Waals surface area contributed by atoms with Gasteiger partial charge in [-0.15, -0.1) is 0 Å². The largest absolute Gasteiger partial charge is 0.207 e. The molecule has 0 aliphatic rings. The standard InChI is InChI=1S/C13H5Br2ClF4/c14-7-3-9(17)5(1-11(7)19)13(15)6-2-12(20)8(16)4-10(6)18/h1-4,13H. The Morgan fingerprint density at radius 1 is 0.800 bits per heavy atom. The van der Waals surface area contributed by atoms with Crippen molar-refractivity contribution in [1.29, 1.82) is 0 Å². The smallest absolute Gasteiger partial charge is 0.142 e. The van der Waals surface area contributed by atoms with Gasteiger partial charge in [0.25, 0.3) is 0 Å². The summed E-state index contributed by atoms with van der Waals surface area (Å²) in [5.41, 5.74) is -0.321. The fraction of sp³-hybridized carbons (Fsp3) is 0.0769. The Hall–Kier alpha value is -0.590. The molecule has 0 nitrogen and oxygen atoms in total. The Kier molecular flexibility index (Phi) is 4.76. The molecular formula is C13H5Br2ClF4. The molecule has 0 bridgehead atoms. The van der Waals surface area contributed by atoms with E-state index in [1.165, 1.54) is 0 Å². The van der Waals surface area contributed by atoms with Crippen molar-refractivity contribution in [1.82, 2.24) is 0 Å². The Morgan fingerprint density at radius 2 is 1.30 bits per heavy atom. The molecule has 0 aliphatic carbocycles. The number of rotatable bonds is 2.